The Morgan fingerprint density at radius 3 is 2.60 bits per heavy atom. The van der Waals surface area contributed by atoms with Crippen LogP contribution in [-0.4, -0.2) is 21.7 Å². The van der Waals surface area contributed by atoms with Crippen LogP contribution in [0.3, 0.4) is 0 Å². The van der Waals surface area contributed by atoms with Crippen LogP contribution in [0, 0.1) is 0 Å². The molecule has 0 bridgehead atoms. The van der Waals surface area contributed by atoms with Crippen molar-refractivity contribution in [1.29, 1.82) is 0 Å². The van der Waals surface area contributed by atoms with Crippen LogP contribution in [-0.2, 0) is 13.8 Å². The van der Waals surface area contributed by atoms with Gasteiger partial charge >= 0.3 is 6.16 Å². The Balaban J connectivity index is 3.13. The van der Waals surface area contributed by atoms with Gasteiger partial charge in [0.05, 0.1) is 11.4 Å². The maximum Gasteiger partial charge on any atom is 0.514 e. The molecule has 0 atom stereocenters. The molecule has 84 valence electrons. The molecule has 0 fully saturated rings. The second kappa shape index (κ2) is 4.56. The molecule has 0 aliphatic carbocycles. The zero-order chi connectivity index (χ0) is 11.6. The average molecular weight is 291 g/mol. The number of halogens is 2. The first-order chi connectivity index (χ1) is 6.84. The molecule has 0 saturated carbocycles. The van der Waals surface area contributed by atoms with E-state index in [1.807, 2.05) is 0 Å². The highest BCUT2D eigenvalue weighted by Gasteiger charge is 2.23. The van der Waals surface area contributed by atoms with Gasteiger partial charge in [-0.05, 0) is 6.07 Å². The summed E-state index contributed by atoms with van der Waals surface area (Å²) in [7, 11) is 2.18. The molecule has 0 aliphatic heterocycles. The zero-order valence-corrected chi connectivity index (χ0v) is 10.3. The lowest BCUT2D eigenvalue weighted by Gasteiger charge is -2.00. The molecule has 0 radical (unpaired) electrons. The highest BCUT2D eigenvalue weighted by molar-refractivity contribution is 8.14. The van der Waals surface area contributed by atoms with Crippen molar-refractivity contribution in [2.75, 3.05) is 7.11 Å². The SMILES string of the molecule is COC(=O)Oc1sc(Cl)cc1S(=O)(=O)Cl. The van der Waals surface area contributed by atoms with Gasteiger partial charge in [0.25, 0.3) is 9.05 Å². The van der Waals surface area contributed by atoms with Crippen molar-refractivity contribution in [2.24, 2.45) is 0 Å². The van der Waals surface area contributed by atoms with E-state index < -0.39 is 15.2 Å². The predicted molar refractivity (Wildman–Crippen MR) is 55.4 cm³/mol. The standard InChI is InChI=1S/C6H4Cl2O5S2/c1-12-6(9)13-5-3(15(8,10)11)2-4(7)14-5/h2H,1H3. The lowest BCUT2D eigenvalue weighted by atomic mass is 10.6. The van der Waals surface area contributed by atoms with Crippen LogP contribution in [0.1, 0.15) is 0 Å². The van der Waals surface area contributed by atoms with Gasteiger partial charge in [0.2, 0.25) is 5.06 Å². The average Bonchev–Trinajstić information content (AvgIpc) is 2.45. The molecule has 9 heteroatoms. The van der Waals surface area contributed by atoms with Crippen LogP contribution in [0.2, 0.25) is 4.34 Å². The first kappa shape index (κ1) is 12.6. The van der Waals surface area contributed by atoms with Crippen molar-refractivity contribution in [3.63, 3.8) is 0 Å². The molecule has 0 spiro atoms. The van der Waals surface area contributed by atoms with Crippen molar-refractivity contribution in [2.45, 2.75) is 4.90 Å². The Bertz CT molecular complexity index is 478. The summed E-state index contributed by atoms with van der Waals surface area (Å²) in [5, 5.41) is -0.221. The molecule has 1 aromatic rings. The highest BCUT2D eigenvalue weighted by Crippen LogP contribution is 2.38. The van der Waals surface area contributed by atoms with E-state index in [0.29, 0.717) is 0 Å². The number of methoxy groups -OCH3 is 1. The Hall–Kier alpha value is -0.500. The van der Waals surface area contributed by atoms with E-state index in [1.54, 1.807) is 0 Å². The maximum absolute atomic E-state index is 11.0. The van der Waals surface area contributed by atoms with Gasteiger partial charge in [0.15, 0.2) is 0 Å². The van der Waals surface area contributed by atoms with Crippen LogP contribution >= 0.6 is 33.6 Å². The minimum atomic E-state index is -4.00. The molecular formula is C6H4Cl2O5S2. The number of carbonyl (C=O) groups is 1. The second-order valence-electron chi connectivity index (χ2n) is 2.20. The Kier molecular flexibility index (Phi) is 3.82. The number of thiophene rings is 1. The number of rotatable bonds is 2. The normalized spacial score (nSPS) is 11.1. The topological polar surface area (TPSA) is 69.7 Å². The Labute approximate surface area is 98.9 Å². The highest BCUT2D eigenvalue weighted by atomic mass is 35.7. The lowest BCUT2D eigenvalue weighted by molar-refractivity contribution is 0.122. The molecule has 0 saturated heterocycles. The van der Waals surface area contributed by atoms with E-state index in [4.69, 9.17) is 22.3 Å². The van der Waals surface area contributed by atoms with E-state index in [1.165, 1.54) is 0 Å². The van der Waals surface area contributed by atoms with E-state index in [-0.39, 0.29) is 14.3 Å². The van der Waals surface area contributed by atoms with E-state index in [2.05, 4.69) is 9.47 Å². The quantitative estimate of drug-likeness (QED) is 0.618. The summed E-state index contributed by atoms with van der Waals surface area (Å²) < 4.78 is 30.9. The molecular weight excluding hydrogens is 287 g/mol. The van der Waals surface area contributed by atoms with E-state index in [0.717, 1.165) is 24.5 Å². The smallest absolute Gasteiger partial charge is 0.437 e. The summed E-state index contributed by atoms with van der Waals surface area (Å²) in [4.78, 5) is 10.4. The lowest BCUT2D eigenvalue weighted by Crippen LogP contribution is -2.07. The van der Waals surface area contributed by atoms with Crippen molar-refractivity contribution in [3.05, 3.63) is 10.4 Å². The van der Waals surface area contributed by atoms with E-state index >= 15 is 0 Å². The first-order valence-corrected chi connectivity index (χ1v) is 6.84. The van der Waals surface area contributed by atoms with Gasteiger partial charge in [-0.15, -0.1) is 0 Å². The summed E-state index contributed by atoms with van der Waals surface area (Å²) >= 11 is 6.33. The van der Waals surface area contributed by atoms with Gasteiger partial charge < -0.3 is 9.47 Å². The van der Waals surface area contributed by atoms with Crippen LogP contribution in [0.4, 0.5) is 4.79 Å². The van der Waals surface area contributed by atoms with Gasteiger partial charge in [-0.25, -0.2) is 13.2 Å². The molecule has 0 N–H and O–H groups in total. The minimum Gasteiger partial charge on any atom is -0.437 e. The van der Waals surface area contributed by atoms with Gasteiger partial charge in [-0.1, -0.05) is 22.9 Å². The molecule has 1 rings (SSSR count). The molecule has 1 heterocycles. The summed E-state index contributed by atoms with van der Waals surface area (Å²) in [6.45, 7) is 0. The molecule has 0 unspecified atom stereocenters. The Morgan fingerprint density at radius 1 is 1.53 bits per heavy atom. The van der Waals surface area contributed by atoms with Crippen LogP contribution in [0.5, 0.6) is 5.06 Å². The molecule has 15 heavy (non-hydrogen) atoms. The third-order valence-electron chi connectivity index (χ3n) is 1.24. The van der Waals surface area contributed by atoms with Gasteiger partial charge in [-0.3, -0.25) is 0 Å². The third-order valence-corrected chi connectivity index (χ3v) is 3.84. The summed E-state index contributed by atoms with van der Waals surface area (Å²) in [6.07, 6.45) is -1.05. The van der Waals surface area contributed by atoms with Gasteiger partial charge in [-0.2, -0.15) is 0 Å². The van der Waals surface area contributed by atoms with Crippen molar-refractivity contribution >= 4 is 48.8 Å². The third kappa shape index (κ3) is 3.23. The molecule has 0 aromatic carbocycles. The van der Waals surface area contributed by atoms with Gasteiger partial charge in [0.1, 0.15) is 4.90 Å². The van der Waals surface area contributed by atoms with Gasteiger partial charge in [0, 0.05) is 10.7 Å². The first-order valence-electron chi connectivity index (χ1n) is 3.34. The van der Waals surface area contributed by atoms with Crippen LogP contribution in [0.25, 0.3) is 0 Å². The zero-order valence-electron chi connectivity index (χ0n) is 7.19. The van der Waals surface area contributed by atoms with Crippen LogP contribution in [0.15, 0.2) is 11.0 Å². The largest absolute Gasteiger partial charge is 0.514 e. The predicted octanol–water partition coefficient (Wildman–Crippen LogP) is 2.47. The Morgan fingerprint density at radius 2 is 2.13 bits per heavy atom. The fourth-order valence-corrected chi connectivity index (χ4v) is 3.21. The number of hydrogen-bond acceptors (Lipinski definition) is 6. The fraction of sp³-hybridized carbons (Fsp3) is 0.167. The van der Waals surface area contributed by atoms with Crippen LogP contribution < -0.4 is 4.74 Å². The van der Waals surface area contributed by atoms with Crippen molar-refractivity contribution < 1.29 is 22.7 Å². The van der Waals surface area contributed by atoms with Crippen molar-refractivity contribution in [1.82, 2.24) is 0 Å². The minimum absolute atomic E-state index is 0.133. The molecule has 0 aliphatic rings. The van der Waals surface area contributed by atoms with E-state index in [9.17, 15) is 13.2 Å². The molecule has 5 nitrogen and oxygen atoms in total. The van der Waals surface area contributed by atoms with Crippen molar-refractivity contribution in [3.8, 4) is 5.06 Å². The monoisotopic (exact) mass is 290 g/mol. The summed E-state index contributed by atoms with van der Waals surface area (Å²) in [5.74, 6) is 0. The summed E-state index contributed by atoms with van der Waals surface area (Å²) in [5.41, 5.74) is 0. The number of hydrogen-bond donors (Lipinski definition) is 0. The second-order valence-corrected chi connectivity index (χ2v) is 6.38. The fourth-order valence-electron chi connectivity index (χ4n) is 0.689. The number of carbonyl (C=O) groups excluding carboxylic acids is 1. The molecule has 0 amide bonds. The summed E-state index contributed by atoms with van der Waals surface area (Å²) in [6, 6.07) is 1.09. The maximum atomic E-state index is 11.0. The molecule has 1 aromatic heterocycles. The number of ether oxygens (including phenoxy) is 2.